The van der Waals surface area contributed by atoms with Crippen LogP contribution in [-0.2, 0) is 6.54 Å². The Balaban J connectivity index is 2.58. The van der Waals surface area contributed by atoms with Crippen LogP contribution in [0.2, 0.25) is 0 Å². The van der Waals surface area contributed by atoms with E-state index in [1.807, 2.05) is 29.8 Å². The van der Waals surface area contributed by atoms with Gasteiger partial charge in [0.15, 0.2) is 0 Å². The van der Waals surface area contributed by atoms with Crippen LogP contribution in [0.3, 0.4) is 0 Å². The first-order chi connectivity index (χ1) is 7.76. The van der Waals surface area contributed by atoms with Crippen molar-refractivity contribution in [3.63, 3.8) is 0 Å². The zero-order chi connectivity index (χ0) is 11.5. The summed E-state index contributed by atoms with van der Waals surface area (Å²) in [4.78, 5) is 4.20. The van der Waals surface area contributed by atoms with Crippen molar-refractivity contribution in [3.05, 3.63) is 42.0 Å². The van der Waals surface area contributed by atoms with Crippen molar-refractivity contribution in [1.82, 2.24) is 9.55 Å². The van der Waals surface area contributed by atoms with Gasteiger partial charge < -0.3 is 10.5 Å². The Morgan fingerprint density at radius 1 is 1.44 bits per heavy atom. The van der Waals surface area contributed by atoms with Gasteiger partial charge in [0.2, 0.25) is 0 Å². The second-order valence-electron chi connectivity index (χ2n) is 3.59. The van der Waals surface area contributed by atoms with Crippen LogP contribution in [0.4, 0.5) is 0 Å². The molecule has 0 unspecified atom stereocenters. The molecule has 4 nitrogen and oxygen atoms in total. The molecule has 1 aromatic carbocycles. The standard InChI is InChI=1S/C12H15N3O/c1-9-3-4-11(16-2)10(7-9)15-6-5-14-12(15)8-13/h3-7H,8,13H2,1-2H3. The topological polar surface area (TPSA) is 53.1 Å². The van der Waals surface area contributed by atoms with Gasteiger partial charge in [-0.25, -0.2) is 4.98 Å². The number of hydrogen-bond donors (Lipinski definition) is 1. The third-order valence-corrected chi connectivity index (χ3v) is 2.49. The minimum Gasteiger partial charge on any atom is -0.495 e. The average Bonchev–Trinajstić information content (AvgIpc) is 2.76. The second-order valence-corrected chi connectivity index (χ2v) is 3.59. The van der Waals surface area contributed by atoms with Crippen molar-refractivity contribution in [3.8, 4) is 11.4 Å². The number of imidazole rings is 1. The van der Waals surface area contributed by atoms with Gasteiger partial charge in [-0.15, -0.1) is 0 Å². The van der Waals surface area contributed by atoms with Gasteiger partial charge in [0, 0.05) is 12.4 Å². The maximum atomic E-state index is 5.64. The van der Waals surface area contributed by atoms with Gasteiger partial charge in [0.05, 0.1) is 19.3 Å². The smallest absolute Gasteiger partial charge is 0.142 e. The van der Waals surface area contributed by atoms with Crippen LogP contribution in [0.1, 0.15) is 11.4 Å². The highest BCUT2D eigenvalue weighted by Gasteiger charge is 2.08. The maximum Gasteiger partial charge on any atom is 0.142 e. The molecule has 2 rings (SSSR count). The molecule has 0 bridgehead atoms. The van der Waals surface area contributed by atoms with Crippen LogP contribution in [0, 0.1) is 6.92 Å². The van der Waals surface area contributed by atoms with E-state index < -0.39 is 0 Å². The Labute approximate surface area is 94.7 Å². The Kier molecular flexibility index (Phi) is 2.92. The van der Waals surface area contributed by atoms with E-state index in [1.54, 1.807) is 13.3 Å². The summed E-state index contributed by atoms with van der Waals surface area (Å²) in [6.45, 7) is 2.45. The van der Waals surface area contributed by atoms with Crippen LogP contribution in [0.15, 0.2) is 30.6 Å². The molecule has 2 N–H and O–H groups in total. The molecule has 0 radical (unpaired) electrons. The predicted molar refractivity (Wildman–Crippen MR) is 62.7 cm³/mol. The third-order valence-electron chi connectivity index (χ3n) is 2.49. The van der Waals surface area contributed by atoms with Crippen LogP contribution in [0.5, 0.6) is 5.75 Å². The average molecular weight is 217 g/mol. The van der Waals surface area contributed by atoms with Crippen LogP contribution in [-0.4, -0.2) is 16.7 Å². The maximum absolute atomic E-state index is 5.64. The molecule has 0 aliphatic carbocycles. The lowest BCUT2D eigenvalue weighted by molar-refractivity contribution is 0.412. The highest BCUT2D eigenvalue weighted by atomic mass is 16.5. The first kappa shape index (κ1) is 10.7. The molecule has 0 fully saturated rings. The molecule has 4 heteroatoms. The number of aromatic nitrogens is 2. The van der Waals surface area contributed by atoms with Crippen molar-refractivity contribution in [2.24, 2.45) is 5.73 Å². The van der Waals surface area contributed by atoms with Gasteiger partial charge in [-0.2, -0.15) is 0 Å². The van der Waals surface area contributed by atoms with Crippen molar-refractivity contribution < 1.29 is 4.74 Å². The fourth-order valence-electron chi connectivity index (χ4n) is 1.69. The summed E-state index contributed by atoms with van der Waals surface area (Å²) in [6, 6.07) is 6.02. The Morgan fingerprint density at radius 2 is 2.25 bits per heavy atom. The summed E-state index contributed by atoms with van der Waals surface area (Å²) < 4.78 is 7.28. The molecule has 0 aliphatic heterocycles. The van der Waals surface area contributed by atoms with Gasteiger partial charge in [0.1, 0.15) is 11.6 Å². The zero-order valence-electron chi connectivity index (χ0n) is 9.47. The van der Waals surface area contributed by atoms with Crippen molar-refractivity contribution >= 4 is 0 Å². The lowest BCUT2D eigenvalue weighted by atomic mass is 10.2. The van der Waals surface area contributed by atoms with E-state index in [1.165, 1.54) is 5.56 Å². The molecule has 0 saturated carbocycles. The van der Waals surface area contributed by atoms with E-state index in [0.29, 0.717) is 6.54 Å². The van der Waals surface area contributed by atoms with E-state index in [9.17, 15) is 0 Å². The first-order valence-corrected chi connectivity index (χ1v) is 5.13. The monoisotopic (exact) mass is 217 g/mol. The number of benzene rings is 1. The van der Waals surface area contributed by atoms with Gasteiger partial charge in [-0.1, -0.05) is 6.07 Å². The zero-order valence-corrected chi connectivity index (χ0v) is 9.47. The Bertz CT molecular complexity index is 491. The fourth-order valence-corrected chi connectivity index (χ4v) is 1.69. The number of nitrogens with zero attached hydrogens (tertiary/aromatic N) is 2. The van der Waals surface area contributed by atoms with Gasteiger partial charge in [0.25, 0.3) is 0 Å². The minimum absolute atomic E-state index is 0.407. The van der Waals surface area contributed by atoms with E-state index in [0.717, 1.165) is 17.3 Å². The molecule has 2 aromatic rings. The number of methoxy groups -OCH3 is 1. The third kappa shape index (κ3) is 1.79. The first-order valence-electron chi connectivity index (χ1n) is 5.13. The van der Waals surface area contributed by atoms with Crippen LogP contribution in [0.25, 0.3) is 5.69 Å². The summed E-state index contributed by atoms with van der Waals surface area (Å²) in [5, 5.41) is 0. The molecule has 84 valence electrons. The normalized spacial score (nSPS) is 10.4. The molecular weight excluding hydrogens is 202 g/mol. The highest BCUT2D eigenvalue weighted by molar-refractivity contribution is 5.49. The van der Waals surface area contributed by atoms with Crippen molar-refractivity contribution in [2.75, 3.05) is 7.11 Å². The molecule has 0 spiro atoms. The van der Waals surface area contributed by atoms with E-state index >= 15 is 0 Å². The number of aryl methyl sites for hydroxylation is 1. The minimum atomic E-state index is 0.407. The second kappa shape index (κ2) is 4.37. The summed E-state index contributed by atoms with van der Waals surface area (Å²) in [5.74, 6) is 1.64. The Hall–Kier alpha value is -1.81. The van der Waals surface area contributed by atoms with E-state index in [2.05, 4.69) is 11.1 Å². The SMILES string of the molecule is COc1ccc(C)cc1-n1ccnc1CN. The predicted octanol–water partition coefficient (Wildman–Crippen LogP) is 1.65. The fraction of sp³-hybridized carbons (Fsp3) is 0.250. The quantitative estimate of drug-likeness (QED) is 0.850. The summed E-state index contributed by atoms with van der Waals surface area (Å²) in [5.41, 5.74) is 7.78. The molecule has 0 amide bonds. The van der Waals surface area contributed by atoms with Gasteiger partial charge >= 0.3 is 0 Å². The molecule has 0 atom stereocenters. The lowest BCUT2D eigenvalue weighted by Crippen LogP contribution is -2.07. The summed E-state index contributed by atoms with van der Waals surface area (Å²) >= 11 is 0. The van der Waals surface area contributed by atoms with Crippen molar-refractivity contribution in [1.29, 1.82) is 0 Å². The van der Waals surface area contributed by atoms with Crippen LogP contribution < -0.4 is 10.5 Å². The van der Waals surface area contributed by atoms with E-state index in [-0.39, 0.29) is 0 Å². The molecule has 1 heterocycles. The molecule has 0 saturated heterocycles. The molecule has 16 heavy (non-hydrogen) atoms. The number of nitrogens with two attached hydrogens (primary N) is 1. The van der Waals surface area contributed by atoms with Gasteiger partial charge in [-0.3, -0.25) is 4.57 Å². The molecule has 1 aromatic heterocycles. The lowest BCUT2D eigenvalue weighted by Gasteiger charge is -2.12. The summed E-state index contributed by atoms with van der Waals surface area (Å²) in [6.07, 6.45) is 3.63. The van der Waals surface area contributed by atoms with E-state index in [4.69, 9.17) is 10.5 Å². The van der Waals surface area contributed by atoms with Crippen molar-refractivity contribution in [2.45, 2.75) is 13.5 Å². The number of hydrogen-bond acceptors (Lipinski definition) is 3. The molecule has 0 aliphatic rings. The largest absolute Gasteiger partial charge is 0.495 e. The number of rotatable bonds is 3. The number of ether oxygens (including phenoxy) is 1. The van der Waals surface area contributed by atoms with Gasteiger partial charge in [-0.05, 0) is 24.6 Å². The highest BCUT2D eigenvalue weighted by Crippen LogP contribution is 2.24. The summed E-state index contributed by atoms with van der Waals surface area (Å²) in [7, 11) is 1.66. The van der Waals surface area contributed by atoms with Crippen LogP contribution >= 0.6 is 0 Å². The Morgan fingerprint density at radius 3 is 2.94 bits per heavy atom. The molecular formula is C12H15N3O.